The first-order valence-electron chi connectivity index (χ1n) is 10.0. The van der Waals surface area contributed by atoms with E-state index < -0.39 is 0 Å². The van der Waals surface area contributed by atoms with Crippen molar-refractivity contribution in [3.8, 4) is 21.8 Å². The van der Waals surface area contributed by atoms with Crippen molar-refractivity contribution in [1.82, 2.24) is 20.3 Å². The number of hydrogen-bond acceptors (Lipinski definition) is 5. The predicted molar refractivity (Wildman–Crippen MR) is 118 cm³/mol. The number of fused-ring (bicyclic) bond motifs is 1. The molecule has 5 nitrogen and oxygen atoms in total. The first kappa shape index (κ1) is 18.2. The van der Waals surface area contributed by atoms with Gasteiger partial charge in [0.2, 0.25) is 0 Å². The van der Waals surface area contributed by atoms with E-state index in [1.807, 2.05) is 23.6 Å². The Kier molecular flexibility index (Phi) is 4.96. The molecule has 6 heteroatoms. The van der Waals surface area contributed by atoms with Gasteiger partial charge >= 0.3 is 0 Å². The fraction of sp³-hybridized carbons (Fsp3) is 0.261. The first-order valence-corrected chi connectivity index (χ1v) is 10.9. The Balaban J connectivity index is 1.42. The van der Waals surface area contributed by atoms with E-state index in [1.54, 1.807) is 12.4 Å². The van der Waals surface area contributed by atoms with Crippen molar-refractivity contribution in [2.24, 2.45) is 0 Å². The van der Waals surface area contributed by atoms with Crippen molar-refractivity contribution in [2.75, 3.05) is 0 Å². The Morgan fingerprint density at radius 1 is 1.10 bits per heavy atom. The van der Waals surface area contributed by atoms with E-state index in [0.29, 0.717) is 17.3 Å². The molecular formula is C23H22N4OS. The molecule has 2 N–H and O–H groups in total. The van der Waals surface area contributed by atoms with Crippen molar-refractivity contribution in [3.63, 3.8) is 0 Å². The second-order valence-corrected chi connectivity index (χ2v) is 8.43. The van der Waals surface area contributed by atoms with Gasteiger partial charge < -0.3 is 10.3 Å². The summed E-state index contributed by atoms with van der Waals surface area (Å²) in [6.45, 7) is 0.839. The summed E-state index contributed by atoms with van der Waals surface area (Å²) in [5, 5.41) is 7.47. The zero-order chi connectivity index (χ0) is 19.6. The van der Waals surface area contributed by atoms with E-state index in [2.05, 4.69) is 38.5 Å². The topological polar surface area (TPSA) is 70.7 Å². The Morgan fingerprint density at radius 2 is 1.93 bits per heavy atom. The van der Waals surface area contributed by atoms with E-state index in [4.69, 9.17) is 0 Å². The summed E-state index contributed by atoms with van der Waals surface area (Å²) in [5.41, 5.74) is 4.27. The van der Waals surface area contributed by atoms with Crippen LogP contribution in [0.1, 0.15) is 31.2 Å². The Labute approximate surface area is 172 Å². The quantitative estimate of drug-likeness (QED) is 0.506. The first-order chi connectivity index (χ1) is 14.3. The number of thiazole rings is 1. The van der Waals surface area contributed by atoms with Crippen molar-refractivity contribution >= 4 is 22.2 Å². The fourth-order valence-electron chi connectivity index (χ4n) is 3.97. The molecule has 1 aromatic carbocycles. The molecule has 1 aliphatic rings. The van der Waals surface area contributed by atoms with Crippen LogP contribution in [0.4, 0.5) is 0 Å². The van der Waals surface area contributed by atoms with Gasteiger partial charge in [-0.2, -0.15) is 0 Å². The normalized spacial score (nSPS) is 14.6. The third-order valence-corrected chi connectivity index (χ3v) is 6.46. The van der Waals surface area contributed by atoms with Crippen LogP contribution in [0.2, 0.25) is 0 Å². The van der Waals surface area contributed by atoms with Crippen molar-refractivity contribution in [3.05, 3.63) is 70.1 Å². The van der Waals surface area contributed by atoms with Crippen LogP contribution in [-0.4, -0.2) is 21.0 Å². The number of hydrogen-bond donors (Lipinski definition) is 2. The summed E-state index contributed by atoms with van der Waals surface area (Å²) in [7, 11) is 0. The van der Waals surface area contributed by atoms with Gasteiger partial charge in [-0.15, -0.1) is 11.3 Å². The Bertz CT molecular complexity index is 1190. The highest BCUT2D eigenvalue weighted by molar-refractivity contribution is 7.13. The SMILES string of the molecule is O=c1[nH]c2cc(CNC3CCCC3)ccc2cc1-c1csc(-c2ccncc2)n1. The molecular weight excluding hydrogens is 380 g/mol. The maximum atomic E-state index is 12.7. The van der Waals surface area contributed by atoms with Gasteiger partial charge in [-0.3, -0.25) is 9.78 Å². The van der Waals surface area contributed by atoms with Gasteiger partial charge in [0.15, 0.2) is 0 Å². The lowest BCUT2D eigenvalue weighted by Crippen LogP contribution is -2.25. The van der Waals surface area contributed by atoms with Gasteiger partial charge in [-0.1, -0.05) is 25.0 Å². The monoisotopic (exact) mass is 402 g/mol. The molecule has 3 aromatic heterocycles. The highest BCUT2D eigenvalue weighted by Gasteiger charge is 2.14. The largest absolute Gasteiger partial charge is 0.321 e. The summed E-state index contributed by atoms with van der Waals surface area (Å²) in [4.78, 5) is 24.5. The number of nitrogens with one attached hydrogen (secondary N) is 2. The zero-order valence-electron chi connectivity index (χ0n) is 16.0. The Hall–Kier alpha value is -2.83. The minimum atomic E-state index is -0.106. The van der Waals surface area contributed by atoms with E-state index in [-0.39, 0.29) is 5.56 Å². The molecule has 0 radical (unpaired) electrons. The fourth-order valence-corrected chi connectivity index (χ4v) is 4.79. The number of pyridine rings is 2. The van der Waals surface area contributed by atoms with Gasteiger partial charge in [0.05, 0.1) is 11.3 Å². The third kappa shape index (κ3) is 3.86. The lowest BCUT2D eigenvalue weighted by Gasteiger charge is -2.12. The standard InChI is InChI=1S/C23H22N4OS/c28-22-19(21-14-29-23(27-21)16-7-9-24-10-8-16)12-17-6-5-15(11-20(17)26-22)13-25-18-3-1-2-4-18/h5-12,14,18,25H,1-4,13H2,(H,26,28). The second-order valence-electron chi connectivity index (χ2n) is 7.57. The summed E-state index contributed by atoms with van der Waals surface area (Å²) in [5.74, 6) is 0. The Morgan fingerprint density at radius 3 is 2.76 bits per heavy atom. The van der Waals surface area contributed by atoms with Crippen molar-refractivity contribution < 1.29 is 0 Å². The van der Waals surface area contributed by atoms with Crippen LogP contribution in [0, 0.1) is 0 Å². The van der Waals surface area contributed by atoms with Crippen LogP contribution in [0.15, 0.2) is 59.0 Å². The average molecular weight is 403 g/mol. The smallest absolute Gasteiger partial charge is 0.257 e. The molecule has 3 heterocycles. The van der Waals surface area contributed by atoms with Crippen LogP contribution in [0.5, 0.6) is 0 Å². The lowest BCUT2D eigenvalue weighted by atomic mass is 10.1. The predicted octanol–water partition coefficient (Wildman–Crippen LogP) is 4.75. The van der Waals surface area contributed by atoms with E-state index in [9.17, 15) is 4.79 Å². The minimum absolute atomic E-state index is 0.106. The number of benzene rings is 1. The molecule has 0 atom stereocenters. The molecule has 146 valence electrons. The molecule has 5 rings (SSSR count). The number of aromatic nitrogens is 3. The molecule has 1 fully saturated rings. The molecule has 1 aliphatic carbocycles. The van der Waals surface area contributed by atoms with Crippen LogP contribution >= 0.6 is 11.3 Å². The maximum Gasteiger partial charge on any atom is 0.257 e. The van der Waals surface area contributed by atoms with E-state index >= 15 is 0 Å². The molecule has 0 amide bonds. The van der Waals surface area contributed by atoms with Gasteiger partial charge in [-0.25, -0.2) is 4.98 Å². The van der Waals surface area contributed by atoms with Gasteiger partial charge in [-0.05, 0) is 48.1 Å². The average Bonchev–Trinajstić information content (AvgIpc) is 3.44. The van der Waals surface area contributed by atoms with Gasteiger partial charge in [0.25, 0.3) is 5.56 Å². The van der Waals surface area contributed by atoms with Crippen LogP contribution in [-0.2, 0) is 6.54 Å². The van der Waals surface area contributed by atoms with E-state index in [0.717, 1.165) is 28.0 Å². The highest BCUT2D eigenvalue weighted by Crippen LogP contribution is 2.28. The molecule has 4 aromatic rings. The van der Waals surface area contributed by atoms with Crippen LogP contribution in [0.25, 0.3) is 32.7 Å². The molecule has 0 saturated heterocycles. The summed E-state index contributed by atoms with van der Waals surface area (Å²) in [6.07, 6.45) is 8.68. The number of H-pyrrole nitrogens is 1. The lowest BCUT2D eigenvalue weighted by molar-refractivity contribution is 0.524. The highest BCUT2D eigenvalue weighted by atomic mass is 32.1. The van der Waals surface area contributed by atoms with Crippen LogP contribution < -0.4 is 10.9 Å². The molecule has 0 bridgehead atoms. The van der Waals surface area contributed by atoms with Crippen LogP contribution in [0.3, 0.4) is 0 Å². The van der Waals surface area contributed by atoms with Crippen molar-refractivity contribution in [1.29, 1.82) is 0 Å². The van der Waals surface area contributed by atoms with E-state index in [1.165, 1.54) is 42.6 Å². The summed E-state index contributed by atoms with van der Waals surface area (Å²) in [6, 6.07) is 12.7. The molecule has 1 saturated carbocycles. The second kappa shape index (κ2) is 7.89. The molecule has 0 aliphatic heterocycles. The molecule has 29 heavy (non-hydrogen) atoms. The zero-order valence-corrected chi connectivity index (χ0v) is 16.8. The number of rotatable bonds is 5. The van der Waals surface area contributed by atoms with Gasteiger partial charge in [0.1, 0.15) is 5.01 Å². The molecule has 0 unspecified atom stereocenters. The third-order valence-electron chi connectivity index (χ3n) is 5.57. The minimum Gasteiger partial charge on any atom is -0.321 e. The molecule has 0 spiro atoms. The maximum absolute atomic E-state index is 12.7. The number of nitrogens with zero attached hydrogens (tertiary/aromatic N) is 2. The number of aromatic amines is 1. The summed E-state index contributed by atoms with van der Waals surface area (Å²) < 4.78 is 0. The summed E-state index contributed by atoms with van der Waals surface area (Å²) >= 11 is 1.53. The van der Waals surface area contributed by atoms with Gasteiger partial charge in [0, 0.05) is 41.4 Å². The van der Waals surface area contributed by atoms with Crippen molar-refractivity contribution in [2.45, 2.75) is 38.3 Å².